The third-order valence-corrected chi connectivity index (χ3v) is 8.96. The number of nitrogens with one attached hydrogen (secondary N) is 2. The maximum Gasteiger partial charge on any atom is 0.339 e. The van der Waals surface area contributed by atoms with Crippen LogP contribution in [0.3, 0.4) is 0 Å². The number of amidine groups is 1. The van der Waals surface area contributed by atoms with Crippen LogP contribution in [0.15, 0.2) is 114 Å². The van der Waals surface area contributed by atoms with Gasteiger partial charge < -0.3 is 15.5 Å². The molecule has 0 aliphatic carbocycles. The molecule has 6 aromatic rings. The minimum Gasteiger partial charge on any atom is -0.469 e. The molecule has 0 saturated carbocycles. The molecule has 71 heavy (non-hydrogen) atoms. The summed E-state index contributed by atoms with van der Waals surface area (Å²) in [5.41, 5.74) is 8.56. The second kappa shape index (κ2) is 35.2. The minimum absolute atomic E-state index is 0.0290. The van der Waals surface area contributed by atoms with Crippen LogP contribution in [-0.4, -0.2) is 44.6 Å². The van der Waals surface area contributed by atoms with Gasteiger partial charge in [-0.1, -0.05) is 94.1 Å². The van der Waals surface area contributed by atoms with Crippen molar-refractivity contribution in [2.24, 2.45) is 5.73 Å². The van der Waals surface area contributed by atoms with Crippen molar-refractivity contribution in [2.45, 2.75) is 85.0 Å². The first-order valence-corrected chi connectivity index (χ1v) is 26.6. The number of Topliss-reactive ketones (excluding diaryl/α,β-unsaturated/α-hetero) is 1. The number of halogens is 8. The lowest BCUT2D eigenvalue weighted by molar-refractivity contribution is -0.143. The predicted molar refractivity (Wildman–Crippen MR) is 275 cm³/mol. The lowest BCUT2D eigenvalue weighted by atomic mass is 10.1. The Morgan fingerprint density at radius 1 is 0.732 bits per heavy atom. The van der Waals surface area contributed by atoms with Gasteiger partial charge in [0.2, 0.25) is 0 Å². The maximum absolute atomic E-state index is 13.2. The third-order valence-electron chi connectivity index (χ3n) is 8.76. The van der Waals surface area contributed by atoms with Gasteiger partial charge in [-0.15, -0.1) is 0 Å². The number of carbonyl (C=O) groups excluding carboxylic acids is 2. The van der Waals surface area contributed by atoms with E-state index in [1.54, 1.807) is 42.5 Å². The van der Waals surface area contributed by atoms with Crippen LogP contribution in [0.5, 0.6) is 0 Å². The van der Waals surface area contributed by atoms with Crippen LogP contribution >= 0.6 is 50.5 Å². The van der Waals surface area contributed by atoms with Gasteiger partial charge in [-0.25, -0.2) is 32.5 Å². The van der Waals surface area contributed by atoms with Crippen molar-refractivity contribution in [1.29, 1.82) is 10.7 Å². The number of hydrogen-bond donors (Lipinski definition) is 3. The van der Waals surface area contributed by atoms with Gasteiger partial charge in [0, 0.05) is 40.6 Å². The van der Waals surface area contributed by atoms with Crippen molar-refractivity contribution in [2.75, 3.05) is 7.11 Å². The summed E-state index contributed by atoms with van der Waals surface area (Å²) in [4.78, 5) is 48.5. The van der Waals surface area contributed by atoms with Crippen LogP contribution < -0.4 is 11.3 Å². The molecule has 0 radical (unpaired) electrons. The van der Waals surface area contributed by atoms with Crippen molar-refractivity contribution in [1.82, 2.24) is 19.9 Å². The maximum atomic E-state index is 13.2. The molecular formula is C50H54Cl4F4N7O5P. The molecule has 4 N–H and O–H groups in total. The molecular weight excluding hydrogens is 1030 g/mol. The predicted octanol–water partition coefficient (Wildman–Crippen LogP) is 14.1. The van der Waals surface area contributed by atoms with Crippen LogP contribution in [0.4, 0.5) is 17.6 Å². The van der Waals surface area contributed by atoms with Gasteiger partial charge in [-0.05, 0) is 126 Å². The van der Waals surface area contributed by atoms with E-state index < -0.39 is 11.2 Å². The molecule has 0 amide bonds. The zero-order valence-electron chi connectivity index (χ0n) is 39.3. The lowest BCUT2D eigenvalue weighted by Crippen LogP contribution is -2.10. The van der Waals surface area contributed by atoms with Crippen LogP contribution in [-0.2, 0) is 31.7 Å². The van der Waals surface area contributed by atoms with Crippen LogP contribution in [0.25, 0.3) is 22.8 Å². The molecule has 0 fully saturated rings. The summed E-state index contributed by atoms with van der Waals surface area (Å²) in [5, 5.41) is 12.4. The van der Waals surface area contributed by atoms with Crippen molar-refractivity contribution in [3.63, 3.8) is 0 Å². The number of ketones is 1. The van der Waals surface area contributed by atoms with E-state index in [1.807, 2.05) is 13.0 Å². The van der Waals surface area contributed by atoms with Gasteiger partial charge >= 0.3 is 11.2 Å². The van der Waals surface area contributed by atoms with E-state index in [0.29, 0.717) is 45.5 Å². The number of esters is 1. The highest BCUT2D eigenvalue weighted by Crippen LogP contribution is 2.61. The number of nitrogens with two attached hydrogens (primary N) is 1. The molecule has 0 atom stereocenters. The highest BCUT2D eigenvalue weighted by atomic mass is 36.0. The Bertz CT molecular complexity index is 2750. The number of ether oxygens (including phenoxy) is 1. The Kier molecular flexibility index (Phi) is 31.3. The fraction of sp³-hybridized carbons (Fsp3) is 0.280. The molecule has 4 aromatic carbocycles. The largest absolute Gasteiger partial charge is 0.469 e. The summed E-state index contributed by atoms with van der Waals surface area (Å²) in [5.74, 6) is -1.05. The molecule has 21 heteroatoms. The third kappa shape index (κ3) is 30.4. The number of nitrogens with zero attached hydrogens (tertiary/aromatic N) is 4. The second-order valence-corrected chi connectivity index (χ2v) is 21.7. The standard InChI is InChI=1S/C14H14ClFN2.C14H15FN2O.C8H14O3.C7H7FN2.C7H4FN.Cl3OP/c1-2-3-7-12-9-13(15)18-14(17-12)10-5-4-6-11(16)8-10;1-2-3-7-12-9-13(18)17-14(16-12)10-5-4-6-11(15)8-10;1-3-4-5-7(9)6-8(10)11-2;8-6-3-1-2-5(4-6)7(9)10;8-7-3-1-2-6(4-7)5-9;1-5(2,3)4/h4-6,8-9H,2-3,7H2,1H3;4-6,8-9H,2-3,7H2,1H3,(H,16,17,18);3-6H2,1-2H3;1-4H,(H3,9,10);1-4H;. The zero-order chi connectivity index (χ0) is 53.4. The second-order valence-electron chi connectivity index (χ2n) is 14.7. The van der Waals surface area contributed by atoms with Gasteiger partial charge in [0.1, 0.15) is 52.3 Å². The number of aromatic amines is 1. The van der Waals surface area contributed by atoms with Gasteiger partial charge in [0.25, 0.3) is 5.56 Å². The lowest BCUT2D eigenvalue weighted by Gasteiger charge is -2.05. The highest BCUT2D eigenvalue weighted by molar-refractivity contribution is 8.24. The van der Waals surface area contributed by atoms with E-state index in [9.17, 15) is 36.5 Å². The quantitative estimate of drug-likeness (QED) is 0.0179. The number of methoxy groups -OCH3 is 1. The average Bonchev–Trinajstić information content (AvgIpc) is 3.32. The molecule has 0 spiro atoms. The number of aryl methyl sites for hydroxylation is 2. The number of nitrogen functional groups attached to an aromatic ring is 1. The van der Waals surface area contributed by atoms with E-state index >= 15 is 0 Å². The molecule has 0 unspecified atom stereocenters. The summed E-state index contributed by atoms with van der Waals surface area (Å²) in [6.45, 7) is 6.21. The monoisotopic (exact) mass is 1080 g/mol. The number of benzene rings is 4. The topological polar surface area (TPSA) is 206 Å². The van der Waals surface area contributed by atoms with Crippen LogP contribution in [0.1, 0.15) is 94.7 Å². The Morgan fingerprint density at radius 3 is 1.69 bits per heavy atom. The molecule has 2 aromatic heterocycles. The fourth-order valence-electron chi connectivity index (χ4n) is 5.38. The van der Waals surface area contributed by atoms with E-state index in [0.717, 1.165) is 62.8 Å². The van der Waals surface area contributed by atoms with Crippen LogP contribution in [0, 0.1) is 40.0 Å². The van der Waals surface area contributed by atoms with Crippen molar-refractivity contribution in [3.05, 3.63) is 170 Å². The summed E-state index contributed by atoms with van der Waals surface area (Å²) in [6, 6.07) is 28.6. The SMILES string of the molecule is CCCCC(=O)CC(=O)OC.CCCCc1cc(=O)[nH]c(-c2cccc(F)c2)n1.CCCCc1cc(Cl)nc(-c2cccc(F)c2)n1.N#Cc1cccc(F)c1.N=C(N)c1cccc(F)c1.O=P(Cl)(Cl)Cl. The Morgan fingerprint density at radius 2 is 1.23 bits per heavy atom. The molecule has 380 valence electrons. The van der Waals surface area contributed by atoms with E-state index in [2.05, 4.69) is 72.2 Å². The van der Waals surface area contributed by atoms with Crippen LogP contribution in [0.2, 0.25) is 5.15 Å². The van der Waals surface area contributed by atoms with E-state index in [4.69, 9.17) is 28.0 Å². The fourth-order valence-corrected chi connectivity index (χ4v) is 5.59. The highest BCUT2D eigenvalue weighted by Gasteiger charge is 2.09. The van der Waals surface area contributed by atoms with Crippen molar-refractivity contribution >= 4 is 68.1 Å². The van der Waals surface area contributed by atoms with Crippen molar-refractivity contribution in [3.8, 4) is 28.8 Å². The average molecular weight is 1080 g/mol. The summed E-state index contributed by atoms with van der Waals surface area (Å²) >= 11 is 19.8. The van der Waals surface area contributed by atoms with E-state index in [1.165, 1.54) is 73.8 Å². The molecule has 2 heterocycles. The minimum atomic E-state index is -3.22. The van der Waals surface area contributed by atoms with Gasteiger partial charge in [0.15, 0.2) is 5.82 Å². The number of nitriles is 1. The molecule has 12 nitrogen and oxygen atoms in total. The summed E-state index contributed by atoms with van der Waals surface area (Å²) < 4.78 is 64.7. The first kappa shape index (κ1) is 63.1. The molecule has 0 bridgehead atoms. The molecule has 0 saturated heterocycles. The number of unbranched alkanes of at least 4 members (excludes halogenated alkanes) is 3. The number of carbonyl (C=O) groups is 2. The molecule has 0 aliphatic rings. The zero-order valence-corrected chi connectivity index (χ0v) is 43.3. The Labute approximate surface area is 430 Å². The number of rotatable bonds is 14. The first-order valence-electron chi connectivity index (χ1n) is 21.8. The number of hydrogen-bond acceptors (Lipinski definition) is 10. The number of H-pyrrole nitrogens is 1. The first-order chi connectivity index (χ1) is 33.6. The summed E-state index contributed by atoms with van der Waals surface area (Å²) in [7, 11) is 1.29. The molecule has 0 aliphatic heterocycles. The normalized spacial score (nSPS) is 10.0. The Hall–Kier alpha value is -5.95. The van der Waals surface area contributed by atoms with Crippen molar-refractivity contribution < 1.29 is 36.5 Å². The van der Waals surface area contributed by atoms with E-state index in [-0.39, 0.29) is 46.9 Å². The van der Waals surface area contributed by atoms with Gasteiger partial charge in [-0.2, -0.15) is 5.26 Å². The smallest absolute Gasteiger partial charge is 0.339 e. The Balaban J connectivity index is 0.000000445. The summed E-state index contributed by atoms with van der Waals surface area (Å²) in [6.07, 6.45) is 8.06. The van der Waals surface area contributed by atoms with Gasteiger partial charge in [0.05, 0.1) is 18.7 Å². The van der Waals surface area contributed by atoms with Gasteiger partial charge in [-0.3, -0.25) is 24.4 Å². The number of aromatic nitrogens is 4. The molecule has 6 rings (SSSR count).